The first-order valence-corrected chi connectivity index (χ1v) is 11.7. The van der Waals surface area contributed by atoms with Crippen LogP contribution in [0.25, 0.3) is 11.9 Å². The third-order valence-corrected chi connectivity index (χ3v) is 6.28. The summed E-state index contributed by atoms with van der Waals surface area (Å²) in [4.78, 5) is 15.7. The fraction of sp³-hybridized carbons (Fsp3) is 0.261. The van der Waals surface area contributed by atoms with Gasteiger partial charge in [-0.15, -0.1) is 0 Å². The zero-order valence-corrected chi connectivity index (χ0v) is 20.3. The average molecular weight is 487 g/mol. The molecule has 1 N–H and O–H groups in total. The molecule has 0 fully saturated rings. The lowest BCUT2D eigenvalue weighted by Crippen LogP contribution is -2.24. The summed E-state index contributed by atoms with van der Waals surface area (Å²) in [7, 11) is -0.0227. The molecule has 10 nitrogen and oxygen atoms in total. The molecule has 0 aliphatic rings. The highest BCUT2D eigenvalue weighted by atomic mass is 32.2. The Hall–Kier alpha value is -3.70. The number of benzene rings is 1. The number of carbonyl (C=O) groups is 1. The molecule has 34 heavy (non-hydrogen) atoms. The Morgan fingerprint density at radius 1 is 1.12 bits per heavy atom. The number of pyridine rings is 1. The number of rotatable bonds is 9. The molecule has 3 rings (SSSR count). The Balaban J connectivity index is 1.85. The summed E-state index contributed by atoms with van der Waals surface area (Å²) in [6.45, 7) is 3.83. The van der Waals surface area contributed by atoms with Gasteiger partial charge < -0.3 is 14.2 Å². The zero-order chi connectivity index (χ0) is 24.9. The van der Waals surface area contributed by atoms with Crippen LogP contribution in [0.5, 0.6) is 11.5 Å². The molecule has 0 bridgehead atoms. The van der Waals surface area contributed by atoms with Crippen molar-refractivity contribution >= 4 is 22.1 Å². The van der Waals surface area contributed by atoms with Gasteiger partial charge in [0.2, 0.25) is 10.0 Å². The summed E-state index contributed by atoms with van der Waals surface area (Å²) in [5, 5.41) is 4.39. The van der Waals surface area contributed by atoms with Gasteiger partial charge in [-0.3, -0.25) is 0 Å². The van der Waals surface area contributed by atoms with E-state index in [0.29, 0.717) is 16.9 Å². The van der Waals surface area contributed by atoms with Gasteiger partial charge >= 0.3 is 5.97 Å². The van der Waals surface area contributed by atoms with Crippen LogP contribution in [0.3, 0.4) is 0 Å². The van der Waals surface area contributed by atoms with Crippen LogP contribution >= 0.6 is 0 Å². The standard InChI is InChI=1S/C23H26N4O6S/c1-15-10-16(2)27(26-15)21-8-6-18(13-24-21)14-25-34(29,30)20-12-17(7-9-22(28)32-4)11-19(31-3)23(20)33-5/h6-13,25H,14H2,1-5H3/b9-7+. The lowest BCUT2D eigenvalue weighted by atomic mass is 10.2. The van der Waals surface area contributed by atoms with Crippen molar-refractivity contribution in [2.24, 2.45) is 0 Å². The molecular weight excluding hydrogens is 460 g/mol. The highest BCUT2D eigenvalue weighted by Gasteiger charge is 2.24. The van der Waals surface area contributed by atoms with Crippen molar-refractivity contribution in [2.45, 2.75) is 25.3 Å². The molecule has 0 aliphatic carbocycles. The first-order valence-electron chi connectivity index (χ1n) is 10.2. The Bertz CT molecular complexity index is 1310. The van der Waals surface area contributed by atoms with Crippen LogP contribution < -0.4 is 14.2 Å². The second kappa shape index (κ2) is 10.5. The Labute approximate surface area is 198 Å². The topological polar surface area (TPSA) is 122 Å². The van der Waals surface area contributed by atoms with E-state index in [1.807, 2.05) is 19.9 Å². The molecule has 0 aliphatic heterocycles. The molecule has 2 heterocycles. The number of nitrogens with zero attached hydrogens (tertiary/aromatic N) is 3. The number of ether oxygens (including phenoxy) is 3. The predicted molar refractivity (Wildman–Crippen MR) is 125 cm³/mol. The maximum atomic E-state index is 13.1. The first-order chi connectivity index (χ1) is 16.2. The number of nitrogens with one attached hydrogen (secondary N) is 1. The largest absolute Gasteiger partial charge is 0.493 e. The molecule has 180 valence electrons. The van der Waals surface area contributed by atoms with Crippen LogP contribution in [0.1, 0.15) is 22.5 Å². The quantitative estimate of drug-likeness (QED) is 0.362. The number of carbonyl (C=O) groups excluding carboxylic acids is 1. The summed E-state index contributed by atoms with van der Waals surface area (Å²) in [6, 6.07) is 8.42. The van der Waals surface area contributed by atoms with Crippen molar-refractivity contribution in [1.82, 2.24) is 19.5 Å². The maximum absolute atomic E-state index is 13.1. The van der Waals surface area contributed by atoms with E-state index in [1.165, 1.54) is 39.5 Å². The van der Waals surface area contributed by atoms with Gasteiger partial charge in [0, 0.05) is 24.5 Å². The molecule has 0 amide bonds. The molecule has 1 aromatic carbocycles. The molecular formula is C23H26N4O6S. The second-order valence-corrected chi connectivity index (χ2v) is 9.03. The molecule has 0 saturated carbocycles. The number of aryl methyl sites for hydroxylation is 2. The number of aromatic nitrogens is 3. The number of hydrogen-bond acceptors (Lipinski definition) is 8. The predicted octanol–water partition coefficient (Wildman–Crippen LogP) is 2.57. The molecule has 11 heteroatoms. The summed E-state index contributed by atoms with van der Waals surface area (Å²) in [5.74, 6) is 0.302. The van der Waals surface area contributed by atoms with E-state index in [-0.39, 0.29) is 22.9 Å². The van der Waals surface area contributed by atoms with Crippen LogP contribution in [0.4, 0.5) is 0 Å². The third-order valence-electron chi connectivity index (χ3n) is 4.87. The monoisotopic (exact) mass is 486 g/mol. The van der Waals surface area contributed by atoms with Crippen LogP contribution in [-0.4, -0.2) is 50.5 Å². The SMILES string of the molecule is COC(=O)/C=C/c1cc(OC)c(OC)c(S(=O)(=O)NCc2ccc(-n3nc(C)cc3C)nc2)c1. The van der Waals surface area contributed by atoms with Crippen LogP contribution in [0.15, 0.2) is 47.5 Å². The van der Waals surface area contributed by atoms with Gasteiger partial charge in [0.25, 0.3) is 0 Å². The Morgan fingerprint density at radius 2 is 1.88 bits per heavy atom. The van der Waals surface area contributed by atoms with Crippen molar-refractivity contribution in [3.63, 3.8) is 0 Å². The van der Waals surface area contributed by atoms with Crippen LogP contribution in [-0.2, 0) is 26.1 Å². The van der Waals surface area contributed by atoms with E-state index < -0.39 is 16.0 Å². The lowest BCUT2D eigenvalue weighted by molar-refractivity contribution is -0.134. The summed E-state index contributed by atoms with van der Waals surface area (Å²) < 4.78 is 45.7. The van der Waals surface area contributed by atoms with E-state index in [2.05, 4.69) is 19.5 Å². The van der Waals surface area contributed by atoms with Gasteiger partial charge in [-0.25, -0.2) is 27.6 Å². The van der Waals surface area contributed by atoms with Gasteiger partial charge in [-0.05, 0) is 55.3 Å². The number of sulfonamides is 1. The highest BCUT2D eigenvalue weighted by molar-refractivity contribution is 7.89. The lowest BCUT2D eigenvalue weighted by Gasteiger charge is -2.15. The summed E-state index contributed by atoms with van der Waals surface area (Å²) in [6.07, 6.45) is 4.19. The molecule has 0 radical (unpaired) electrons. The van der Waals surface area contributed by atoms with E-state index in [4.69, 9.17) is 9.47 Å². The van der Waals surface area contributed by atoms with E-state index >= 15 is 0 Å². The molecule has 0 unspecified atom stereocenters. The van der Waals surface area contributed by atoms with Crippen molar-refractivity contribution in [3.05, 3.63) is 65.1 Å². The van der Waals surface area contributed by atoms with Crippen molar-refractivity contribution in [3.8, 4) is 17.3 Å². The van der Waals surface area contributed by atoms with Crippen LogP contribution in [0, 0.1) is 13.8 Å². The smallest absolute Gasteiger partial charge is 0.330 e. The van der Waals surface area contributed by atoms with E-state index in [1.54, 1.807) is 29.1 Å². The third kappa shape index (κ3) is 5.61. The van der Waals surface area contributed by atoms with Gasteiger partial charge in [-0.1, -0.05) is 6.07 Å². The van der Waals surface area contributed by atoms with Gasteiger partial charge in [-0.2, -0.15) is 5.10 Å². The van der Waals surface area contributed by atoms with Gasteiger partial charge in [0.1, 0.15) is 4.90 Å². The summed E-state index contributed by atoms with van der Waals surface area (Å²) >= 11 is 0. The van der Waals surface area contributed by atoms with Crippen LogP contribution in [0.2, 0.25) is 0 Å². The van der Waals surface area contributed by atoms with Gasteiger partial charge in [0.05, 0.1) is 27.0 Å². The summed E-state index contributed by atoms with van der Waals surface area (Å²) in [5.41, 5.74) is 2.89. The molecule has 0 atom stereocenters. The van der Waals surface area contributed by atoms with Gasteiger partial charge in [0.15, 0.2) is 17.3 Å². The minimum atomic E-state index is -4.02. The van der Waals surface area contributed by atoms with Crippen molar-refractivity contribution < 1.29 is 27.4 Å². The molecule has 2 aromatic heterocycles. The minimum absolute atomic E-state index is 0.000424. The van der Waals surface area contributed by atoms with Crippen molar-refractivity contribution in [1.29, 1.82) is 0 Å². The fourth-order valence-corrected chi connectivity index (χ4v) is 4.47. The van der Waals surface area contributed by atoms with E-state index in [0.717, 1.165) is 11.4 Å². The number of hydrogen-bond donors (Lipinski definition) is 1. The first kappa shape index (κ1) is 24.9. The zero-order valence-electron chi connectivity index (χ0n) is 19.5. The minimum Gasteiger partial charge on any atom is -0.493 e. The number of esters is 1. The molecule has 0 spiro atoms. The maximum Gasteiger partial charge on any atom is 0.330 e. The fourth-order valence-electron chi connectivity index (χ4n) is 3.24. The molecule has 0 saturated heterocycles. The Kier molecular flexibility index (Phi) is 7.69. The molecule has 3 aromatic rings. The average Bonchev–Trinajstić information content (AvgIpc) is 3.18. The van der Waals surface area contributed by atoms with E-state index in [9.17, 15) is 13.2 Å². The normalized spacial score (nSPS) is 11.6. The highest BCUT2D eigenvalue weighted by Crippen LogP contribution is 2.36. The number of methoxy groups -OCH3 is 3. The van der Waals surface area contributed by atoms with Crippen molar-refractivity contribution in [2.75, 3.05) is 21.3 Å². The second-order valence-electron chi connectivity index (χ2n) is 7.30. The Morgan fingerprint density at radius 3 is 2.44 bits per heavy atom.